The number of amides is 2. The van der Waals surface area contributed by atoms with E-state index in [0.29, 0.717) is 13.0 Å². The topological polar surface area (TPSA) is 40.6 Å². The summed E-state index contributed by atoms with van der Waals surface area (Å²) in [4.78, 5) is 31.8. The Hall–Kier alpha value is -2.14. The molecule has 0 fully saturated rings. The van der Waals surface area contributed by atoms with Crippen LogP contribution in [0.2, 0.25) is 0 Å². The van der Waals surface area contributed by atoms with E-state index in [9.17, 15) is 9.59 Å². The highest BCUT2D eigenvalue weighted by molar-refractivity contribution is 7.10. The number of carbonyl (C=O) groups excluding carboxylic acids is 2. The Morgan fingerprint density at radius 2 is 1.79 bits per heavy atom. The fraction of sp³-hybridized carbons (Fsp3) is 0.586. The Balaban J connectivity index is 1.81. The minimum Gasteiger partial charge on any atom is -0.331 e. The predicted octanol–water partition coefficient (Wildman–Crippen LogP) is 6.73. The van der Waals surface area contributed by atoms with Crippen LogP contribution in [-0.4, -0.2) is 40.7 Å². The van der Waals surface area contributed by atoms with Gasteiger partial charge >= 0.3 is 0 Å². The molecule has 1 unspecified atom stereocenters. The van der Waals surface area contributed by atoms with Gasteiger partial charge < -0.3 is 9.80 Å². The van der Waals surface area contributed by atoms with Crippen molar-refractivity contribution in [2.75, 3.05) is 13.1 Å². The van der Waals surface area contributed by atoms with Crippen molar-refractivity contribution >= 4 is 23.2 Å². The van der Waals surface area contributed by atoms with E-state index in [2.05, 4.69) is 63.4 Å². The third kappa shape index (κ3) is 6.29. The first kappa shape index (κ1) is 26.5. The summed E-state index contributed by atoms with van der Waals surface area (Å²) >= 11 is 1.78. The number of hydrogen-bond acceptors (Lipinski definition) is 3. The van der Waals surface area contributed by atoms with E-state index in [1.54, 1.807) is 16.2 Å². The SMILES string of the molecule is CCCCCCC(=O)N(CC(=O)N1CCc2sccc2C1c1ccc(C(C)(C)C)cc1)C(C)C. The van der Waals surface area contributed by atoms with Crippen molar-refractivity contribution in [3.63, 3.8) is 0 Å². The normalized spacial score (nSPS) is 16.0. The van der Waals surface area contributed by atoms with Gasteiger partial charge in [-0.05, 0) is 60.2 Å². The van der Waals surface area contributed by atoms with Crippen molar-refractivity contribution in [1.82, 2.24) is 9.80 Å². The van der Waals surface area contributed by atoms with E-state index in [0.717, 1.165) is 37.7 Å². The molecular weight excluding hydrogens is 440 g/mol. The molecule has 5 heteroatoms. The van der Waals surface area contributed by atoms with Gasteiger partial charge in [0.25, 0.3) is 0 Å². The van der Waals surface area contributed by atoms with Gasteiger partial charge in [-0.2, -0.15) is 0 Å². The van der Waals surface area contributed by atoms with Gasteiger partial charge in [0, 0.05) is 23.9 Å². The lowest BCUT2D eigenvalue weighted by molar-refractivity contribution is -0.143. The molecule has 0 radical (unpaired) electrons. The average molecular weight is 483 g/mol. The first-order valence-corrected chi connectivity index (χ1v) is 13.8. The zero-order valence-electron chi connectivity index (χ0n) is 21.9. The lowest BCUT2D eigenvalue weighted by Gasteiger charge is -2.38. The number of benzene rings is 1. The Kier molecular flexibility index (Phi) is 8.97. The molecule has 0 bridgehead atoms. The van der Waals surface area contributed by atoms with Gasteiger partial charge in [0.2, 0.25) is 11.8 Å². The number of rotatable bonds is 9. The van der Waals surface area contributed by atoms with Crippen molar-refractivity contribution in [2.45, 2.75) is 97.6 Å². The standard InChI is InChI=1S/C29H42N2O2S/c1-7-8-9-10-11-26(32)31(21(2)3)20-27(33)30-18-16-25-24(17-19-34-25)28(30)22-12-14-23(15-13-22)29(4,5)6/h12-15,17,19,21,28H,7-11,16,18,20H2,1-6H3. The van der Waals surface area contributed by atoms with Crippen molar-refractivity contribution in [3.05, 3.63) is 57.3 Å². The molecule has 1 aliphatic heterocycles. The zero-order chi connectivity index (χ0) is 24.9. The maximum absolute atomic E-state index is 13.7. The van der Waals surface area contributed by atoms with Gasteiger partial charge in [0.1, 0.15) is 6.54 Å². The number of hydrogen-bond donors (Lipinski definition) is 0. The minimum absolute atomic E-state index is 0.00800. The lowest BCUT2D eigenvalue weighted by Crippen LogP contribution is -2.48. The maximum atomic E-state index is 13.7. The molecule has 1 atom stereocenters. The van der Waals surface area contributed by atoms with Crippen LogP contribution in [0.5, 0.6) is 0 Å². The van der Waals surface area contributed by atoms with Gasteiger partial charge in [0.05, 0.1) is 6.04 Å². The monoisotopic (exact) mass is 482 g/mol. The third-order valence-electron chi connectivity index (χ3n) is 6.87. The number of thiophene rings is 1. The second-order valence-electron chi connectivity index (χ2n) is 10.8. The highest BCUT2D eigenvalue weighted by Gasteiger charge is 2.34. The van der Waals surface area contributed by atoms with Crippen LogP contribution in [0.1, 0.15) is 101 Å². The van der Waals surface area contributed by atoms with Gasteiger partial charge in [-0.15, -0.1) is 11.3 Å². The summed E-state index contributed by atoms with van der Waals surface area (Å²) in [5.41, 5.74) is 3.75. The predicted molar refractivity (Wildman–Crippen MR) is 142 cm³/mol. The summed E-state index contributed by atoms with van der Waals surface area (Å²) in [5.74, 6) is 0.135. The average Bonchev–Trinajstić information content (AvgIpc) is 3.27. The van der Waals surface area contributed by atoms with Crippen LogP contribution >= 0.6 is 11.3 Å². The largest absolute Gasteiger partial charge is 0.331 e. The molecule has 2 amide bonds. The van der Waals surface area contributed by atoms with E-state index < -0.39 is 0 Å². The molecule has 0 saturated heterocycles. The molecule has 0 saturated carbocycles. The molecule has 186 valence electrons. The van der Waals surface area contributed by atoms with Gasteiger partial charge in [-0.1, -0.05) is 71.2 Å². The van der Waals surface area contributed by atoms with Gasteiger partial charge in [-0.25, -0.2) is 0 Å². The lowest BCUT2D eigenvalue weighted by atomic mass is 9.85. The van der Waals surface area contributed by atoms with Crippen molar-refractivity contribution in [3.8, 4) is 0 Å². The maximum Gasteiger partial charge on any atom is 0.243 e. The third-order valence-corrected chi connectivity index (χ3v) is 7.87. The quantitative estimate of drug-likeness (QED) is 0.372. The van der Waals surface area contributed by atoms with Crippen molar-refractivity contribution in [2.24, 2.45) is 0 Å². The van der Waals surface area contributed by atoms with E-state index in [1.165, 1.54) is 16.0 Å². The van der Waals surface area contributed by atoms with Crippen LogP contribution in [0.25, 0.3) is 0 Å². The number of carbonyl (C=O) groups is 2. The zero-order valence-corrected chi connectivity index (χ0v) is 22.7. The van der Waals surface area contributed by atoms with Gasteiger partial charge in [0.15, 0.2) is 0 Å². The van der Waals surface area contributed by atoms with Crippen LogP contribution in [0.3, 0.4) is 0 Å². The molecule has 0 spiro atoms. The summed E-state index contributed by atoms with van der Waals surface area (Å²) in [7, 11) is 0. The fourth-order valence-electron chi connectivity index (χ4n) is 4.75. The van der Waals surface area contributed by atoms with E-state index >= 15 is 0 Å². The summed E-state index contributed by atoms with van der Waals surface area (Å²) in [5, 5.41) is 2.13. The first-order chi connectivity index (χ1) is 16.1. The van der Waals surface area contributed by atoms with Crippen LogP contribution in [0.4, 0.5) is 0 Å². The molecule has 2 heterocycles. The van der Waals surface area contributed by atoms with E-state index in [-0.39, 0.29) is 35.9 Å². The number of fused-ring (bicyclic) bond motifs is 1. The van der Waals surface area contributed by atoms with E-state index in [4.69, 9.17) is 0 Å². The molecule has 2 aromatic rings. The number of unbranched alkanes of at least 4 members (excludes halogenated alkanes) is 3. The second kappa shape index (κ2) is 11.5. The smallest absolute Gasteiger partial charge is 0.243 e. The van der Waals surface area contributed by atoms with Gasteiger partial charge in [-0.3, -0.25) is 9.59 Å². The minimum atomic E-state index is -0.0924. The molecule has 1 aromatic heterocycles. The molecule has 1 aromatic carbocycles. The highest BCUT2D eigenvalue weighted by Crippen LogP contribution is 2.38. The Bertz CT molecular complexity index is 955. The molecule has 0 N–H and O–H groups in total. The molecule has 0 aliphatic carbocycles. The number of nitrogens with zero attached hydrogens (tertiary/aromatic N) is 2. The molecule has 34 heavy (non-hydrogen) atoms. The van der Waals surface area contributed by atoms with E-state index in [1.807, 2.05) is 18.7 Å². The summed E-state index contributed by atoms with van der Waals surface area (Å²) < 4.78 is 0. The summed E-state index contributed by atoms with van der Waals surface area (Å²) in [6.07, 6.45) is 5.68. The van der Waals surface area contributed by atoms with Crippen LogP contribution in [-0.2, 0) is 21.4 Å². The molecular formula is C29H42N2O2S. The van der Waals surface area contributed by atoms with Crippen molar-refractivity contribution in [1.29, 1.82) is 0 Å². The summed E-state index contributed by atoms with van der Waals surface area (Å²) in [6.45, 7) is 13.7. The van der Waals surface area contributed by atoms with Crippen LogP contribution < -0.4 is 0 Å². The Labute approximate surface area is 210 Å². The Morgan fingerprint density at radius 1 is 1.09 bits per heavy atom. The first-order valence-electron chi connectivity index (χ1n) is 12.9. The Morgan fingerprint density at radius 3 is 2.41 bits per heavy atom. The van der Waals surface area contributed by atoms with Crippen molar-refractivity contribution < 1.29 is 9.59 Å². The fourth-order valence-corrected chi connectivity index (χ4v) is 5.66. The molecule has 3 rings (SSSR count). The molecule has 1 aliphatic rings. The molecule has 4 nitrogen and oxygen atoms in total. The second-order valence-corrected chi connectivity index (χ2v) is 11.8. The highest BCUT2D eigenvalue weighted by atomic mass is 32.1. The van der Waals surface area contributed by atoms with Crippen LogP contribution in [0, 0.1) is 0 Å². The summed E-state index contributed by atoms with van der Waals surface area (Å²) in [6, 6.07) is 10.8. The van der Waals surface area contributed by atoms with Crippen LogP contribution in [0.15, 0.2) is 35.7 Å².